The Labute approximate surface area is 190 Å². The van der Waals surface area contributed by atoms with Gasteiger partial charge in [-0.1, -0.05) is 12.8 Å². The predicted octanol–water partition coefficient (Wildman–Crippen LogP) is 3.45. The molecule has 6 heteroatoms. The van der Waals surface area contributed by atoms with Crippen LogP contribution in [0.2, 0.25) is 0 Å². The first kappa shape index (κ1) is 26.1. The van der Waals surface area contributed by atoms with Gasteiger partial charge in [-0.2, -0.15) is 0 Å². The molecule has 6 nitrogen and oxygen atoms in total. The van der Waals surface area contributed by atoms with Gasteiger partial charge in [0.05, 0.1) is 11.8 Å². The van der Waals surface area contributed by atoms with E-state index in [2.05, 4.69) is 83.3 Å². The van der Waals surface area contributed by atoms with Gasteiger partial charge in [0.15, 0.2) is 0 Å². The summed E-state index contributed by atoms with van der Waals surface area (Å²) in [6.07, 6.45) is 5.87. The minimum Gasteiger partial charge on any atom is -0.356 e. The van der Waals surface area contributed by atoms with Gasteiger partial charge < -0.3 is 16.0 Å². The van der Waals surface area contributed by atoms with E-state index in [1.807, 2.05) is 0 Å². The number of likely N-dealkylation sites (tertiary alicyclic amines) is 1. The maximum Gasteiger partial charge on any atom is 0.225 e. The highest BCUT2D eigenvalue weighted by atomic mass is 16.2. The molecule has 2 rings (SSSR count). The fourth-order valence-electron chi connectivity index (χ4n) is 5.78. The number of unbranched alkanes of at least 4 members (excludes halogenated alkanes) is 3. The molecule has 0 spiro atoms. The number of carbonyl (C=O) groups is 2. The van der Waals surface area contributed by atoms with Crippen molar-refractivity contribution >= 4 is 11.8 Å². The zero-order valence-electron chi connectivity index (χ0n) is 21.6. The first-order valence-electron chi connectivity index (χ1n) is 12.2. The van der Waals surface area contributed by atoms with Crippen LogP contribution in [0, 0.1) is 11.8 Å². The fourth-order valence-corrected chi connectivity index (χ4v) is 5.78. The maximum absolute atomic E-state index is 12.7. The number of nitrogens with one attached hydrogen (secondary N) is 3. The minimum atomic E-state index is -0.163. The molecule has 0 aromatic heterocycles. The monoisotopic (exact) mass is 436 g/mol. The molecule has 2 aliphatic heterocycles. The van der Waals surface area contributed by atoms with E-state index in [9.17, 15) is 9.59 Å². The molecule has 180 valence electrons. The molecule has 2 atom stereocenters. The van der Waals surface area contributed by atoms with Crippen molar-refractivity contribution in [3.8, 4) is 0 Å². The van der Waals surface area contributed by atoms with Crippen LogP contribution in [0.25, 0.3) is 0 Å². The molecule has 3 N–H and O–H groups in total. The molecule has 0 aromatic carbocycles. The lowest BCUT2D eigenvalue weighted by Gasteiger charge is -2.38. The van der Waals surface area contributed by atoms with Crippen molar-refractivity contribution in [2.45, 2.75) is 116 Å². The Morgan fingerprint density at radius 2 is 1.29 bits per heavy atom. The van der Waals surface area contributed by atoms with Crippen molar-refractivity contribution < 1.29 is 9.59 Å². The summed E-state index contributed by atoms with van der Waals surface area (Å²) in [6.45, 7) is 18.8. The largest absolute Gasteiger partial charge is 0.356 e. The SMILES string of the molecule is CN1C(C)(C)CC(C(=O)NCCCCCCNC(=O)C2CC(C)(C)NC2(C)C)C1(C)C. The topological polar surface area (TPSA) is 73.5 Å². The second kappa shape index (κ2) is 9.38. The molecule has 0 aliphatic carbocycles. The highest BCUT2D eigenvalue weighted by Gasteiger charge is 2.52. The molecule has 31 heavy (non-hydrogen) atoms. The summed E-state index contributed by atoms with van der Waals surface area (Å²) in [6, 6.07) is 0. The van der Waals surface area contributed by atoms with Crippen LogP contribution in [0.5, 0.6) is 0 Å². The van der Waals surface area contributed by atoms with Crippen molar-refractivity contribution in [3.05, 3.63) is 0 Å². The summed E-state index contributed by atoms with van der Waals surface area (Å²) in [5.41, 5.74) is -0.224. The molecule has 2 unspecified atom stereocenters. The van der Waals surface area contributed by atoms with Crippen LogP contribution >= 0.6 is 0 Å². The van der Waals surface area contributed by atoms with Gasteiger partial charge in [0.25, 0.3) is 0 Å². The zero-order chi connectivity index (χ0) is 23.7. The molecule has 2 fully saturated rings. The van der Waals surface area contributed by atoms with Crippen molar-refractivity contribution in [1.82, 2.24) is 20.9 Å². The van der Waals surface area contributed by atoms with E-state index in [1.165, 1.54) is 0 Å². The number of hydrogen-bond donors (Lipinski definition) is 3. The second-order valence-electron chi connectivity index (χ2n) is 12.3. The molecule has 0 saturated carbocycles. The van der Waals surface area contributed by atoms with E-state index in [0.717, 1.165) is 51.6 Å². The predicted molar refractivity (Wildman–Crippen MR) is 128 cm³/mol. The number of rotatable bonds is 9. The van der Waals surface area contributed by atoms with Crippen LogP contribution in [0.3, 0.4) is 0 Å². The summed E-state index contributed by atoms with van der Waals surface area (Å²) in [7, 11) is 2.12. The Balaban J connectivity index is 1.59. The fraction of sp³-hybridized carbons (Fsp3) is 0.920. The summed E-state index contributed by atoms with van der Waals surface area (Å²) in [5, 5.41) is 9.86. The Kier molecular flexibility index (Phi) is 7.90. The molecule has 2 aliphatic rings. The average molecular weight is 437 g/mol. The van der Waals surface area contributed by atoms with Crippen molar-refractivity contribution in [2.24, 2.45) is 11.8 Å². The van der Waals surface area contributed by atoms with Gasteiger partial charge >= 0.3 is 0 Å². The highest BCUT2D eigenvalue weighted by molar-refractivity contribution is 5.81. The normalized spacial score (nSPS) is 28.4. The van der Waals surface area contributed by atoms with Gasteiger partial charge in [-0.15, -0.1) is 0 Å². The lowest BCUT2D eigenvalue weighted by molar-refractivity contribution is -0.127. The number of carbonyl (C=O) groups excluding carboxylic acids is 2. The molecule has 2 amide bonds. The number of amides is 2. The Morgan fingerprint density at radius 3 is 1.68 bits per heavy atom. The van der Waals surface area contributed by atoms with Crippen molar-refractivity contribution in [3.63, 3.8) is 0 Å². The van der Waals surface area contributed by atoms with Crippen LogP contribution in [0.15, 0.2) is 0 Å². The maximum atomic E-state index is 12.7. The first-order valence-corrected chi connectivity index (χ1v) is 12.2. The first-order chi connectivity index (χ1) is 14.1. The third-order valence-electron chi connectivity index (χ3n) is 7.91. The minimum absolute atomic E-state index is 0.00875. The van der Waals surface area contributed by atoms with Crippen LogP contribution in [0.4, 0.5) is 0 Å². The lowest BCUT2D eigenvalue weighted by atomic mass is 9.86. The molecule has 0 bridgehead atoms. The van der Waals surface area contributed by atoms with E-state index in [0.29, 0.717) is 0 Å². The lowest BCUT2D eigenvalue weighted by Crippen LogP contribution is -2.49. The van der Waals surface area contributed by atoms with Gasteiger partial charge in [-0.05, 0) is 88.1 Å². The van der Waals surface area contributed by atoms with Gasteiger partial charge in [0.2, 0.25) is 11.8 Å². The van der Waals surface area contributed by atoms with Crippen LogP contribution in [-0.4, -0.2) is 59.0 Å². The standard InChI is InChI=1S/C25H48N4O2/c1-22(2)16-18(24(5,6)28-22)20(30)26-14-12-10-11-13-15-27-21(31)19-17-23(3,4)29(9)25(19,7)8/h18-19,28H,10-17H2,1-9H3,(H,26,30)(H,27,31). The zero-order valence-corrected chi connectivity index (χ0v) is 21.6. The van der Waals surface area contributed by atoms with E-state index < -0.39 is 0 Å². The molecular formula is C25H48N4O2. The van der Waals surface area contributed by atoms with Gasteiger partial charge in [0, 0.05) is 35.2 Å². The van der Waals surface area contributed by atoms with E-state index >= 15 is 0 Å². The number of nitrogens with zero attached hydrogens (tertiary/aromatic N) is 1. The average Bonchev–Trinajstić information content (AvgIpc) is 2.96. The number of hydrogen-bond acceptors (Lipinski definition) is 4. The van der Waals surface area contributed by atoms with Gasteiger partial charge in [-0.3, -0.25) is 14.5 Å². The second-order valence-corrected chi connectivity index (χ2v) is 12.3. The third-order valence-corrected chi connectivity index (χ3v) is 7.91. The van der Waals surface area contributed by atoms with Crippen LogP contribution in [0.1, 0.15) is 93.9 Å². The van der Waals surface area contributed by atoms with E-state index in [4.69, 9.17) is 0 Å². The summed E-state index contributed by atoms with van der Waals surface area (Å²) in [5.74, 6) is 0.399. The highest BCUT2D eigenvalue weighted by Crippen LogP contribution is 2.43. The van der Waals surface area contributed by atoms with E-state index in [1.54, 1.807) is 0 Å². The van der Waals surface area contributed by atoms with Gasteiger partial charge in [-0.25, -0.2) is 0 Å². The van der Waals surface area contributed by atoms with E-state index in [-0.39, 0.29) is 45.8 Å². The molecular weight excluding hydrogens is 388 g/mol. The molecule has 2 heterocycles. The van der Waals surface area contributed by atoms with Crippen LogP contribution in [-0.2, 0) is 9.59 Å². The van der Waals surface area contributed by atoms with Crippen molar-refractivity contribution in [1.29, 1.82) is 0 Å². The molecule has 2 saturated heterocycles. The Morgan fingerprint density at radius 1 is 0.806 bits per heavy atom. The summed E-state index contributed by atoms with van der Waals surface area (Å²) in [4.78, 5) is 27.7. The van der Waals surface area contributed by atoms with Crippen LogP contribution < -0.4 is 16.0 Å². The third kappa shape index (κ3) is 6.22. The quantitative estimate of drug-likeness (QED) is 0.484. The molecule has 0 aromatic rings. The van der Waals surface area contributed by atoms with Crippen molar-refractivity contribution in [2.75, 3.05) is 20.1 Å². The summed E-state index contributed by atoms with van der Waals surface area (Å²) >= 11 is 0. The smallest absolute Gasteiger partial charge is 0.225 e. The Bertz CT molecular complexity index is 654. The Hall–Kier alpha value is -1.14. The summed E-state index contributed by atoms with van der Waals surface area (Å²) < 4.78 is 0. The molecule has 0 radical (unpaired) electrons. The van der Waals surface area contributed by atoms with Gasteiger partial charge in [0.1, 0.15) is 0 Å².